The standard InChI is InChI=1S/C21H22N4O3/c1-3-27-17-11-9-16(10-12-17)24-21-22-13-15(14-23-21)20(26)25-18-7-5-6-8-19(18)28-4-2/h5-14H,3-4H2,1-2H3,(H,25,26)(H,22,23,24). The van der Waals surface area contributed by atoms with E-state index in [4.69, 9.17) is 9.47 Å². The lowest BCUT2D eigenvalue weighted by Gasteiger charge is -2.11. The second-order valence-corrected chi connectivity index (χ2v) is 5.76. The second kappa shape index (κ2) is 9.36. The van der Waals surface area contributed by atoms with Gasteiger partial charge in [0.25, 0.3) is 5.91 Å². The summed E-state index contributed by atoms with van der Waals surface area (Å²) in [5.74, 6) is 1.51. The molecule has 0 aliphatic rings. The van der Waals surface area contributed by atoms with Gasteiger partial charge in [-0.2, -0.15) is 0 Å². The van der Waals surface area contributed by atoms with Crippen LogP contribution in [0.4, 0.5) is 17.3 Å². The van der Waals surface area contributed by atoms with E-state index < -0.39 is 0 Å². The van der Waals surface area contributed by atoms with E-state index in [-0.39, 0.29) is 5.91 Å². The summed E-state index contributed by atoms with van der Waals surface area (Å²) in [5.41, 5.74) is 1.78. The number of para-hydroxylation sites is 2. The Bertz CT molecular complexity index is 912. The monoisotopic (exact) mass is 378 g/mol. The van der Waals surface area contributed by atoms with Crippen molar-refractivity contribution < 1.29 is 14.3 Å². The SMILES string of the molecule is CCOc1ccc(Nc2ncc(C(=O)Nc3ccccc3OCC)cn2)cc1. The Morgan fingerprint density at radius 1 is 0.929 bits per heavy atom. The molecule has 1 aromatic heterocycles. The average Bonchev–Trinajstić information content (AvgIpc) is 2.72. The molecule has 1 amide bonds. The smallest absolute Gasteiger partial charge is 0.258 e. The summed E-state index contributed by atoms with van der Waals surface area (Å²) in [4.78, 5) is 20.9. The van der Waals surface area contributed by atoms with E-state index in [1.807, 2.05) is 50.2 Å². The zero-order valence-corrected chi connectivity index (χ0v) is 15.8. The molecule has 0 aliphatic heterocycles. The summed E-state index contributed by atoms with van der Waals surface area (Å²) in [6.07, 6.45) is 2.95. The van der Waals surface area contributed by atoms with Crippen LogP contribution in [0.5, 0.6) is 11.5 Å². The summed E-state index contributed by atoms with van der Waals surface area (Å²) >= 11 is 0. The maximum absolute atomic E-state index is 12.5. The Morgan fingerprint density at radius 2 is 1.61 bits per heavy atom. The molecule has 0 radical (unpaired) electrons. The minimum atomic E-state index is -0.306. The molecule has 0 spiro atoms. The van der Waals surface area contributed by atoms with E-state index in [0.717, 1.165) is 11.4 Å². The quantitative estimate of drug-likeness (QED) is 0.609. The van der Waals surface area contributed by atoms with Gasteiger partial charge in [-0.1, -0.05) is 12.1 Å². The van der Waals surface area contributed by atoms with Gasteiger partial charge in [-0.15, -0.1) is 0 Å². The Morgan fingerprint density at radius 3 is 2.29 bits per heavy atom. The van der Waals surface area contributed by atoms with E-state index >= 15 is 0 Å². The molecule has 1 heterocycles. The normalized spacial score (nSPS) is 10.2. The van der Waals surface area contributed by atoms with Crippen molar-refractivity contribution in [2.75, 3.05) is 23.8 Å². The Hall–Kier alpha value is -3.61. The van der Waals surface area contributed by atoms with Crippen LogP contribution in [0.2, 0.25) is 0 Å². The first kappa shape index (κ1) is 19.2. The molecule has 3 aromatic rings. The van der Waals surface area contributed by atoms with Gasteiger partial charge in [-0.05, 0) is 50.2 Å². The minimum Gasteiger partial charge on any atom is -0.494 e. The number of carbonyl (C=O) groups excluding carboxylic acids is 1. The number of anilines is 3. The van der Waals surface area contributed by atoms with Gasteiger partial charge < -0.3 is 20.1 Å². The first-order valence-electron chi connectivity index (χ1n) is 9.04. The average molecular weight is 378 g/mol. The molecule has 0 saturated heterocycles. The third-order valence-corrected chi connectivity index (χ3v) is 3.77. The summed E-state index contributed by atoms with van der Waals surface area (Å²) in [5, 5.41) is 5.91. The highest BCUT2D eigenvalue weighted by Crippen LogP contribution is 2.24. The van der Waals surface area contributed by atoms with Crippen molar-refractivity contribution in [2.45, 2.75) is 13.8 Å². The number of benzene rings is 2. The summed E-state index contributed by atoms with van der Waals surface area (Å²) in [6.45, 7) is 4.96. The Kier molecular flexibility index (Phi) is 6.41. The molecule has 28 heavy (non-hydrogen) atoms. The number of rotatable bonds is 8. The summed E-state index contributed by atoms with van der Waals surface area (Å²) < 4.78 is 10.9. The summed E-state index contributed by atoms with van der Waals surface area (Å²) in [6, 6.07) is 14.8. The number of aromatic nitrogens is 2. The second-order valence-electron chi connectivity index (χ2n) is 5.76. The van der Waals surface area contributed by atoms with Crippen molar-refractivity contribution >= 4 is 23.2 Å². The molecule has 0 fully saturated rings. The number of ether oxygens (including phenoxy) is 2. The van der Waals surface area contributed by atoms with Gasteiger partial charge >= 0.3 is 0 Å². The van der Waals surface area contributed by atoms with Gasteiger partial charge in [-0.3, -0.25) is 4.79 Å². The molecule has 144 valence electrons. The third kappa shape index (κ3) is 4.97. The first-order valence-corrected chi connectivity index (χ1v) is 9.04. The number of nitrogens with one attached hydrogen (secondary N) is 2. The highest BCUT2D eigenvalue weighted by atomic mass is 16.5. The fraction of sp³-hybridized carbons (Fsp3) is 0.190. The van der Waals surface area contributed by atoms with Crippen LogP contribution < -0.4 is 20.1 Å². The molecule has 7 nitrogen and oxygen atoms in total. The van der Waals surface area contributed by atoms with E-state index in [1.54, 1.807) is 12.1 Å². The van der Waals surface area contributed by atoms with Crippen molar-refractivity contribution in [3.63, 3.8) is 0 Å². The molecular weight excluding hydrogens is 356 g/mol. The lowest BCUT2D eigenvalue weighted by Crippen LogP contribution is -2.14. The summed E-state index contributed by atoms with van der Waals surface area (Å²) in [7, 11) is 0. The zero-order chi connectivity index (χ0) is 19.8. The van der Waals surface area contributed by atoms with Crippen molar-refractivity contribution in [3.8, 4) is 11.5 Å². The molecule has 3 rings (SSSR count). The molecule has 2 aromatic carbocycles. The van der Waals surface area contributed by atoms with Gasteiger partial charge in [0.2, 0.25) is 5.95 Å². The predicted molar refractivity (Wildman–Crippen MR) is 108 cm³/mol. The molecule has 0 atom stereocenters. The van der Waals surface area contributed by atoms with Crippen LogP contribution in [0.15, 0.2) is 60.9 Å². The minimum absolute atomic E-state index is 0.306. The lowest BCUT2D eigenvalue weighted by molar-refractivity contribution is 0.102. The van der Waals surface area contributed by atoms with E-state index in [1.165, 1.54) is 12.4 Å². The Labute approximate surface area is 163 Å². The molecule has 0 saturated carbocycles. The Balaban J connectivity index is 1.64. The topological polar surface area (TPSA) is 85.4 Å². The fourth-order valence-electron chi connectivity index (χ4n) is 2.49. The fourth-order valence-corrected chi connectivity index (χ4v) is 2.49. The van der Waals surface area contributed by atoms with Crippen LogP contribution in [-0.4, -0.2) is 29.1 Å². The number of hydrogen-bond donors (Lipinski definition) is 2. The lowest BCUT2D eigenvalue weighted by atomic mass is 10.2. The predicted octanol–water partition coefficient (Wildman–Crippen LogP) is 4.27. The van der Waals surface area contributed by atoms with Crippen LogP contribution in [-0.2, 0) is 0 Å². The van der Waals surface area contributed by atoms with Crippen LogP contribution in [0.25, 0.3) is 0 Å². The highest BCUT2D eigenvalue weighted by molar-refractivity contribution is 6.04. The van der Waals surface area contributed by atoms with Crippen LogP contribution >= 0.6 is 0 Å². The van der Waals surface area contributed by atoms with Crippen molar-refractivity contribution in [2.24, 2.45) is 0 Å². The molecular formula is C21H22N4O3. The third-order valence-electron chi connectivity index (χ3n) is 3.77. The molecule has 0 aliphatic carbocycles. The zero-order valence-electron chi connectivity index (χ0n) is 15.8. The largest absolute Gasteiger partial charge is 0.494 e. The molecule has 0 bridgehead atoms. The first-order chi connectivity index (χ1) is 13.7. The van der Waals surface area contributed by atoms with E-state index in [0.29, 0.717) is 36.2 Å². The van der Waals surface area contributed by atoms with Gasteiger partial charge in [0.15, 0.2) is 0 Å². The van der Waals surface area contributed by atoms with Crippen LogP contribution in [0.3, 0.4) is 0 Å². The van der Waals surface area contributed by atoms with Crippen LogP contribution in [0, 0.1) is 0 Å². The number of nitrogens with zero attached hydrogens (tertiary/aromatic N) is 2. The number of hydrogen-bond acceptors (Lipinski definition) is 6. The van der Waals surface area contributed by atoms with Gasteiger partial charge in [-0.25, -0.2) is 9.97 Å². The van der Waals surface area contributed by atoms with Gasteiger partial charge in [0, 0.05) is 18.1 Å². The number of amides is 1. The van der Waals surface area contributed by atoms with E-state index in [9.17, 15) is 4.79 Å². The maximum atomic E-state index is 12.5. The highest BCUT2D eigenvalue weighted by Gasteiger charge is 2.11. The molecule has 0 unspecified atom stereocenters. The molecule has 7 heteroatoms. The van der Waals surface area contributed by atoms with E-state index in [2.05, 4.69) is 20.6 Å². The maximum Gasteiger partial charge on any atom is 0.258 e. The van der Waals surface area contributed by atoms with Crippen molar-refractivity contribution in [1.82, 2.24) is 9.97 Å². The van der Waals surface area contributed by atoms with Crippen LogP contribution in [0.1, 0.15) is 24.2 Å². The van der Waals surface area contributed by atoms with Gasteiger partial charge in [0.1, 0.15) is 11.5 Å². The number of carbonyl (C=O) groups is 1. The van der Waals surface area contributed by atoms with Gasteiger partial charge in [0.05, 0.1) is 24.5 Å². The molecule has 2 N–H and O–H groups in total. The van der Waals surface area contributed by atoms with Crippen molar-refractivity contribution in [3.05, 3.63) is 66.5 Å². The van der Waals surface area contributed by atoms with Crippen molar-refractivity contribution in [1.29, 1.82) is 0 Å².